The molecule has 0 saturated heterocycles. The fourth-order valence-electron chi connectivity index (χ4n) is 6.33. The number of halogens is 2. The molecule has 2 aromatic heterocycles. The van der Waals surface area contributed by atoms with Gasteiger partial charge in [-0.15, -0.1) is 5.10 Å². The van der Waals surface area contributed by atoms with E-state index < -0.39 is 23.2 Å². The van der Waals surface area contributed by atoms with Crippen molar-refractivity contribution in [1.29, 1.82) is 0 Å². The summed E-state index contributed by atoms with van der Waals surface area (Å²) in [6.07, 6.45) is 1.59. The Balaban J connectivity index is 1.45. The third-order valence-corrected chi connectivity index (χ3v) is 8.21. The molecule has 0 amide bonds. The minimum atomic E-state index is -0.655. The van der Waals surface area contributed by atoms with Gasteiger partial charge >= 0.3 is 0 Å². The maximum Gasteiger partial charge on any atom is 0.135 e. The number of aromatic nitrogens is 3. The quantitative estimate of drug-likeness (QED) is 0.581. The highest BCUT2D eigenvalue weighted by Crippen LogP contribution is 2.69. The fourth-order valence-corrected chi connectivity index (χ4v) is 6.33. The highest BCUT2D eigenvalue weighted by Gasteiger charge is 2.65. The summed E-state index contributed by atoms with van der Waals surface area (Å²) in [5.41, 5.74) is 4.13. The molecule has 1 fully saturated rings. The van der Waals surface area contributed by atoms with Crippen LogP contribution in [0.2, 0.25) is 0 Å². The van der Waals surface area contributed by atoms with Gasteiger partial charge in [0.2, 0.25) is 0 Å². The van der Waals surface area contributed by atoms with Crippen LogP contribution in [0.5, 0.6) is 0 Å². The van der Waals surface area contributed by atoms with Gasteiger partial charge in [0.15, 0.2) is 0 Å². The molecule has 2 aliphatic carbocycles. The molecule has 3 heterocycles. The van der Waals surface area contributed by atoms with Crippen LogP contribution in [0.1, 0.15) is 68.6 Å². The fraction of sp³-hybridized carbons (Fsp3) is 0.370. The van der Waals surface area contributed by atoms with Crippen molar-refractivity contribution in [2.75, 3.05) is 0 Å². The van der Waals surface area contributed by atoms with Crippen molar-refractivity contribution in [3.63, 3.8) is 0 Å². The van der Waals surface area contributed by atoms with Crippen molar-refractivity contribution in [3.05, 3.63) is 76.7 Å². The van der Waals surface area contributed by atoms with Crippen LogP contribution in [0, 0.1) is 17.0 Å². The van der Waals surface area contributed by atoms with Crippen LogP contribution in [0.15, 0.2) is 52.7 Å². The van der Waals surface area contributed by atoms with Crippen LogP contribution in [-0.4, -0.2) is 37.8 Å². The van der Waals surface area contributed by atoms with Crippen LogP contribution in [0.25, 0.3) is 11.3 Å². The zero-order chi connectivity index (χ0) is 24.5. The maximum atomic E-state index is 14.5. The minimum absolute atomic E-state index is 0.147. The first-order valence-electron chi connectivity index (χ1n) is 11.9. The van der Waals surface area contributed by atoms with Gasteiger partial charge in [0.25, 0.3) is 0 Å². The molecule has 0 unspecified atom stereocenters. The van der Waals surface area contributed by atoms with E-state index >= 15 is 0 Å². The first-order valence-corrected chi connectivity index (χ1v) is 11.9. The first-order chi connectivity index (χ1) is 16.7. The lowest BCUT2D eigenvalue weighted by molar-refractivity contribution is 0.243. The normalized spacial score (nSPS) is 24.8. The summed E-state index contributed by atoms with van der Waals surface area (Å²) in [4.78, 5) is 5.03. The Kier molecular flexibility index (Phi) is 4.77. The van der Waals surface area contributed by atoms with Gasteiger partial charge in [0.05, 0.1) is 51.3 Å². The molecular formula is C27H25F2N5O. The van der Waals surface area contributed by atoms with Crippen molar-refractivity contribution in [2.24, 2.45) is 15.6 Å². The third-order valence-electron chi connectivity index (χ3n) is 8.21. The molecule has 8 heteroatoms. The molecule has 178 valence electrons. The Labute approximate surface area is 201 Å². The van der Waals surface area contributed by atoms with E-state index in [4.69, 9.17) is 4.98 Å². The van der Waals surface area contributed by atoms with Gasteiger partial charge in [0, 0.05) is 6.42 Å². The number of hydrogen-bond donors (Lipinski definition) is 1. The van der Waals surface area contributed by atoms with Crippen molar-refractivity contribution in [2.45, 2.75) is 57.5 Å². The predicted octanol–water partition coefficient (Wildman–Crippen LogP) is 4.95. The molecule has 0 radical (unpaired) electrons. The van der Waals surface area contributed by atoms with E-state index in [0.717, 1.165) is 41.2 Å². The second-order valence-corrected chi connectivity index (χ2v) is 10.2. The van der Waals surface area contributed by atoms with Gasteiger partial charge in [-0.3, -0.25) is 4.98 Å². The molecule has 3 atom stereocenters. The summed E-state index contributed by atoms with van der Waals surface area (Å²) in [5.74, 6) is -1.13. The van der Waals surface area contributed by atoms with E-state index in [1.807, 2.05) is 24.3 Å². The van der Waals surface area contributed by atoms with Gasteiger partial charge in [-0.05, 0) is 67.0 Å². The molecule has 35 heavy (non-hydrogen) atoms. The van der Waals surface area contributed by atoms with Gasteiger partial charge < -0.3 is 5.11 Å². The topological polar surface area (TPSA) is 83.6 Å². The van der Waals surface area contributed by atoms with E-state index in [2.05, 4.69) is 34.2 Å². The summed E-state index contributed by atoms with van der Waals surface area (Å²) >= 11 is 0. The second-order valence-electron chi connectivity index (χ2n) is 10.2. The molecule has 6 nitrogen and oxygen atoms in total. The number of fused-ring (bicyclic) bond motifs is 5. The molecule has 0 spiro atoms. The summed E-state index contributed by atoms with van der Waals surface area (Å²) in [5, 5.41) is 27.1. The number of rotatable bonds is 4. The molecular weight excluding hydrogens is 448 g/mol. The third kappa shape index (κ3) is 2.99. The van der Waals surface area contributed by atoms with Crippen LogP contribution in [0.3, 0.4) is 0 Å². The van der Waals surface area contributed by atoms with Crippen LogP contribution in [-0.2, 0) is 5.41 Å². The zero-order valence-corrected chi connectivity index (χ0v) is 19.8. The monoisotopic (exact) mass is 473 g/mol. The molecule has 1 aliphatic heterocycles. The highest BCUT2D eigenvalue weighted by molar-refractivity contribution is 6.15. The standard InChI is InChI=1S/C27H25F2N5O/c1-14(35)20-13-21(32-31-20)19-8-5-9-23(30-19)27-11-10-16(26(27,2)3)15-12-22(33-34-25(15)27)24-17(28)6-4-7-18(24)29/h4-9,12,14,16,35H,10-11,13H2,1-3H3/t14-,16-,27-/m0/s1. The lowest BCUT2D eigenvalue weighted by atomic mass is 9.66. The predicted molar refractivity (Wildman–Crippen MR) is 128 cm³/mol. The van der Waals surface area contributed by atoms with E-state index in [1.165, 1.54) is 18.2 Å². The molecule has 1 saturated carbocycles. The highest BCUT2D eigenvalue weighted by atomic mass is 19.1. The Bertz CT molecular complexity index is 1410. The minimum Gasteiger partial charge on any atom is -0.387 e. The average molecular weight is 474 g/mol. The van der Waals surface area contributed by atoms with Crippen LogP contribution < -0.4 is 0 Å². The number of hydrogen-bond acceptors (Lipinski definition) is 6. The zero-order valence-electron chi connectivity index (χ0n) is 19.8. The van der Waals surface area contributed by atoms with E-state index in [-0.39, 0.29) is 22.6 Å². The van der Waals surface area contributed by atoms with Gasteiger partial charge in [-0.2, -0.15) is 15.3 Å². The van der Waals surface area contributed by atoms with E-state index in [9.17, 15) is 13.9 Å². The van der Waals surface area contributed by atoms with Crippen LogP contribution >= 0.6 is 0 Å². The number of nitrogens with zero attached hydrogens (tertiary/aromatic N) is 5. The Morgan fingerprint density at radius 2 is 1.74 bits per heavy atom. The summed E-state index contributed by atoms with van der Waals surface area (Å²) in [6, 6.07) is 11.5. The van der Waals surface area contributed by atoms with Crippen molar-refractivity contribution >= 4 is 11.4 Å². The molecule has 1 aromatic carbocycles. The van der Waals surface area contributed by atoms with Crippen molar-refractivity contribution in [3.8, 4) is 11.3 Å². The smallest absolute Gasteiger partial charge is 0.135 e. The van der Waals surface area contributed by atoms with Gasteiger partial charge in [-0.25, -0.2) is 8.78 Å². The average Bonchev–Trinajstić information content (AvgIpc) is 3.48. The second kappa shape index (κ2) is 7.55. The number of aliphatic hydroxyl groups excluding tert-OH is 1. The van der Waals surface area contributed by atoms with Gasteiger partial charge in [-0.1, -0.05) is 26.0 Å². The van der Waals surface area contributed by atoms with Gasteiger partial charge in [0.1, 0.15) is 11.6 Å². The number of pyridine rings is 1. The van der Waals surface area contributed by atoms with Crippen LogP contribution in [0.4, 0.5) is 8.78 Å². The summed E-state index contributed by atoms with van der Waals surface area (Å²) in [7, 11) is 0. The SMILES string of the molecule is C[C@H](O)C1=NN=C(c2cccc([C@@]34CC[C@@H](c5cc(-c6c(F)cccc6F)nnc53)C4(C)C)n2)C1. The lowest BCUT2D eigenvalue weighted by Crippen LogP contribution is -2.38. The Morgan fingerprint density at radius 1 is 1.00 bits per heavy atom. The first kappa shape index (κ1) is 22.1. The molecule has 1 N–H and O–H groups in total. The molecule has 3 aliphatic rings. The Hall–Kier alpha value is -3.39. The Morgan fingerprint density at radius 3 is 2.46 bits per heavy atom. The molecule has 2 bridgehead atoms. The van der Waals surface area contributed by atoms with E-state index in [1.54, 1.807) is 6.92 Å². The van der Waals surface area contributed by atoms with Crippen molar-refractivity contribution < 1.29 is 13.9 Å². The lowest BCUT2D eigenvalue weighted by Gasteiger charge is -2.37. The number of aliphatic hydroxyl groups is 1. The maximum absolute atomic E-state index is 14.5. The largest absolute Gasteiger partial charge is 0.387 e. The summed E-state index contributed by atoms with van der Waals surface area (Å²) < 4.78 is 29.0. The number of benzene rings is 1. The summed E-state index contributed by atoms with van der Waals surface area (Å²) in [6.45, 7) is 6.11. The van der Waals surface area contributed by atoms with E-state index in [0.29, 0.717) is 12.1 Å². The molecule has 3 aromatic rings. The molecule has 6 rings (SSSR count). The van der Waals surface area contributed by atoms with Crippen molar-refractivity contribution in [1.82, 2.24) is 15.2 Å².